The Kier molecular flexibility index (Phi) is 16.2. The first-order valence-corrected chi connectivity index (χ1v) is 13.2. The lowest BCUT2D eigenvalue weighted by Crippen LogP contribution is -2.60. The average Bonchev–Trinajstić information content (AvgIpc) is 2.82. The van der Waals surface area contributed by atoms with Gasteiger partial charge >= 0.3 is 11.9 Å². The minimum atomic E-state index is -1.57. The predicted molar refractivity (Wildman–Crippen MR) is 145 cm³/mol. The van der Waals surface area contributed by atoms with E-state index >= 15 is 0 Å². The summed E-state index contributed by atoms with van der Waals surface area (Å²) in [6.45, 7) is 8.17. The summed E-state index contributed by atoms with van der Waals surface area (Å²) in [5, 5.41) is 37.6. The van der Waals surface area contributed by atoms with E-state index in [2.05, 4.69) is 21.3 Å². The lowest BCUT2D eigenvalue weighted by Gasteiger charge is -2.28. The van der Waals surface area contributed by atoms with E-state index in [1.165, 1.54) is 6.92 Å². The van der Waals surface area contributed by atoms with Crippen molar-refractivity contribution in [3.8, 4) is 0 Å². The second kappa shape index (κ2) is 17.8. The van der Waals surface area contributed by atoms with Crippen molar-refractivity contribution in [2.75, 3.05) is 0 Å². The quantitative estimate of drug-likeness (QED) is 0.0763. The summed E-state index contributed by atoms with van der Waals surface area (Å²) in [5.41, 5.74) is 10.9. The number of hydrogen-bond acceptors (Lipinski definition) is 9. The van der Waals surface area contributed by atoms with Gasteiger partial charge in [-0.25, -0.2) is 4.79 Å². The van der Waals surface area contributed by atoms with E-state index in [4.69, 9.17) is 16.6 Å². The zero-order valence-electron chi connectivity index (χ0n) is 24.0. The number of carbonyl (C=O) groups excluding carboxylic acids is 5. The van der Waals surface area contributed by atoms with Crippen molar-refractivity contribution in [1.82, 2.24) is 21.3 Å². The Hall–Kier alpha value is -3.79. The van der Waals surface area contributed by atoms with Gasteiger partial charge in [-0.3, -0.25) is 28.8 Å². The smallest absolute Gasteiger partial charge is 0.326 e. The predicted octanol–water partition coefficient (Wildman–Crippen LogP) is -2.45. The number of nitrogens with one attached hydrogen (secondary N) is 4. The van der Waals surface area contributed by atoms with Crippen LogP contribution in [0.25, 0.3) is 0 Å². The summed E-state index contributed by atoms with van der Waals surface area (Å²) < 4.78 is 0. The van der Waals surface area contributed by atoms with E-state index in [1.807, 2.05) is 0 Å². The molecule has 0 rings (SSSR count). The van der Waals surface area contributed by atoms with Crippen LogP contribution < -0.4 is 32.7 Å². The number of aliphatic carboxylic acids is 2. The van der Waals surface area contributed by atoms with E-state index in [0.29, 0.717) is 0 Å². The number of carboxylic acids is 2. The summed E-state index contributed by atoms with van der Waals surface area (Å²) in [6.07, 6.45) is -2.62. The van der Waals surface area contributed by atoms with Gasteiger partial charge in [0.15, 0.2) is 0 Å². The second-order valence-electron chi connectivity index (χ2n) is 10.7. The maximum Gasteiger partial charge on any atom is 0.326 e. The van der Waals surface area contributed by atoms with Gasteiger partial charge in [-0.15, -0.1) is 0 Å². The SMILES string of the molecule is CC(C)C[C@H](NC(=O)[C@H](CC(N)=O)NC(=O)[C@H](CC(C)C)NC(=O)[C@@H](NC(=O)[C@@H](N)CCC(=O)O)[C@@H](C)O)C(=O)O. The Labute approximate surface area is 238 Å². The number of aliphatic hydroxyl groups excluding tert-OH is 1. The van der Waals surface area contributed by atoms with Crippen LogP contribution in [-0.2, 0) is 33.6 Å². The van der Waals surface area contributed by atoms with E-state index in [0.717, 1.165) is 0 Å². The molecule has 0 aliphatic carbocycles. The zero-order valence-corrected chi connectivity index (χ0v) is 24.0. The molecule has 16 nitrogen and oxygen atoms in total. The minimum Gasteiger partial charge on any atom is -0.481 e. The third-order valence-electron chi connectivity index (χ3n) is 5.77. The number of rotatable bonds is 19. The number of primary amides is 1. The van der Waals surface area contributed by atoms with Crippen LogP contribution in [0.3, 0.4) is 0 Å². The molecule has 0 aromatic heterocycles. The molecule has 0 unspecified atom stereocenters. The molecule has 0 fully saturated rings. The van der Waals surface area contributed by atoms with E-state index in [-0.39, 0.29) is 31.1 Å². The number of nitrogens with two attached hydrogens (primary N) is 2. The van der Waals surface area contributed by atoms with Gasteiger partial charge in [-0.2, -0.15) is 0 Å². The van der Waals surface area contributed by atoms with Crippen LogP contribution in [0.4, 0.5) is 0 Å². The van der Waals surface area contributed by atoms with Crippen LogP contribution in [0.5, 0.6) is 0 Å². The third kappa shape index (κ3) is 15.0. The fraction of sp³-hybridized carbons (Fsp3) is 0.720. The average molecular weight is 589 g/mol. The maximum absolute atomic E-state index is 13.2. The molecule has 11 N–H and O–H groups in total. The number of amides is 5. The molecule has 0 bridgehead atoms. The van der Waals surface area contributed by atoms with Crippen LogP contribution in [0.15, 0.2) is 0 Å². The third-order valence-corrected chi connectivity index (χ3v) is 5.77. The van der Waals surface area contributed by atoms with E-state index in [9.17, 15) is 43.8 Å². The second-order valence-corrected chi connectivity index (χ2v) is 10.7. The lowest BCUT2D eigenvalue weighted by molar-refractivity contribution is -0.143. The fourth-order valence-corrected chi connectivity index (χ4v) is 3.69. The topological polar surface area (TPSA) is 280 Å². The molecule has 5 amide bonds. The van der Waals surface area contributed by atoms with Gasteiger partial charge in [0.05, 0.1) is 18.6 Å². The minimum absolute atomic E-state index is 0.0339. The largest absolute Gasteiger partial charge is 0.481 e. The maximum atomic E-state index is 13.2. The molecule has 0 radical (unpaired) electrons. The Morgan fingerprint density at radius 2 is 1.15 bits per heavy atom. The van der Waals surface area contributed by atoms with Crippen molar-refractivity contribution in [1.29, 1.82) is 0 Å². The molecular weight excluding hydrogens is 544 g/mol. The van der Waals surface area contributed by atoms with Crippen molar-refractivity contribution in [3.05, 3.63) is 0 Å². The van der Waals surface area contributed by atoms with Crippen LogP contribution in [0, 0.1) is 11.8 Å². The van der Waals surface area contributed by atoms with Crippen LogP contribution >= 0.6 is 0 Å². The van der Waals surface area contributed by atoms with Gasteiger partial charge in [0.2, 0.25) is 29.5 Å². The number of hydrogen-bond donors (Lipinski definition) is 9. The Bertz CT molecular complexity index is 955. The van der Waals surface area contributed by atoms with Crippen LogP contribution in [0.1, 0.15) is 66.7 Å². The highest BCUT2D eigenvalue weighted by Gasteiger charge is 2.34. The molecule has 0 aromatic carbocycles. The molecule has 6 atom stereocenters. The molecular formula is C25H44N6O10. The Morgan fingerprint density at radius 3 is 1.59 bits per heavy atom. The van der Waals surface area contributed by atoms with Gasteiger partial charge in [0.1, 0.15) is 24.2 Å². The van der Waals surface area contributed by atoms with Gasteiger partial charge in [0.25, 0.3) is 0 Å². The van der Waals surface area contributed by atoms with Gasteiger partial charge in [-0.05, 0) is 38.0 Å². The molecule has 0 heterocycles. The van der Waals surface area contributed by atoms with Crippen LogP contribution in [0.2, 0.25) is 0 Å². The molecule has 16 heteroatoms. The highest BCUT2D eigenvalue weighted by atomic mass is 16.4. The monoisotopic (exact) mass is 588 g/mol. The van der Waals surface area contributed by atoms with Gasteiger partial charge < -0.3 is 48.1 Å². The first kappa shape index (κ1) is 37.2. The Morgan fingerprint density at radius 1 is 0.683 bits per heavy atom. The molecule has 0 saturated carbocycles. The molecule has 0 saturated heterocycles. The summed E-state index contributed by atoms with van der Waals surface area (Å²) in [6, 6.07) is -7.01. The molecule has 0 spiro atoms. The standard InChI is InChI=1S/C25H44N6O10/c1-11(2)8-15(29-24(39)20(13(5)32)31-21(36)14(26)6-7-19(34)35)22(37)28-16(10-18(27)33)23(38)30-17(25(40)41)9-12(3)4/h11-17,20,32H,6-10,26H2,1-5H3,(H2,27,33)(H,28,37)(H,29,39)(H,30,38)(H,31,36)(H,34,35)(H,40,41)/t13-,14+,15+,16+,17+,20+/m1/s1. The normalized spacial score (nSPS) is 15.5. The first-order valence-electron chi connectivity index (χ1n) is 13.2. The Balaban J connectivity index is 5.79. The van der Waals surface area contributed by atoms with E-state index in [1.54, 1.807) is 27.7 Å². The number of carboxylic acid groups (broad SMARTS) is 2. The highest BCUT2D eigenvalue weighted by molar-refractivity contribution is 5.97. The van der Waals surface area contributed by atoms with Crippen molar-refractivity contribution in [2.24, 2.45) is 23.3 Å². The first-order chi connectivity index (χ1) is 18.8. The summed E-state index contributed by atoms with van der Waals surface area (Å²) >= 11 is 0. The summed E-state index contributed by atoms with van der Waals surface area (Å²) in [5.74, 6) is -7.47. The van der Waals surface area contributed by atoms with Crippen molar-refractivity contribution in [2.45, 2.75) is 103 Å². The van der Waals surface area contributed by atoms with E-state index < -0.39 is 90.6 Å². The van der Waals surface area contributed by atoms with Crippen molar-refractivity contribution < 1.29 is 48.9 Å². The van der Waals surface area contributed by atoms with Crippen molar-refractivity contribution in [3.63, 3.8) is 0 Å². The number of aliphatic hydroxyl groups is 1. The molecule has 0 aromatic rings. The molecule has 0 aliphatic heterocycles. The highest BCUT2D eigenvalue weighted by Crippen LogP contribution is 2.09. The van der Waals surface area contributed by atoms with Gasteiger partial charge in [0, 0.05) is 6.42 Å². The summed E-state index contributed by atoms with van der Waals surface area (Å²) in [4.78, 5) is 85.3. The zero-order chi connectivity index (χ0) is 32.0. The number of carbonyl (C=O) groups is 7. The van der Waals surface area contributed by atoms with Crippen LogP contribution in [-0.4, -0.2) is 93.1 Å². The van der Waals surface area contributed by atoms with Crippen molar-refractivity contribution >= 4 is 41.5 Å². The molecule has 0 aliphatic rings. The molecule has 234 valence electrons. The summed E-state index contributed by atoms with van der Waals surface area (Å²) in [7, 11) is 0. The fourth-order valence-electron chi connectivity index (χ4n) is 3.69. The molecule has 41 heavy (non-hydrogen) atoms. The van der Waals surface area contributed by atoms with Gasteiger partial charge in [-0.1, -0.05) is 27.7 Å². The lowest BCUT2D eigenvalue weighted by atomic mass is 10.0.